The van der Waals surface area contributed by atoms with Gasteiger partial charge in [-0.05, 0) is 37.3 Å². The summed E-state index contributed by atoms with van der Waals surface area (Å²) in [6.45, 7) is 5.81. The Morgan fingerprint density at radius 3 is 2.47 bits per heavy atom. The topological polar surface area (TPSA) is 37.4 Å². The van der Waals surface area contributed by atoms with Gasteiger partial charge in [0.15, 0.2) is 0 Å². The molecule has 1 aromatic heterocycles. The molecule has 1 heterocycles. The van der Waals surface area contributed by atoms with Gasteiger partial charge in [0, 0.05) is 18.5 Å². The molecule has 0 unspecified atom stereocenters. The van der Waals surface area contributed by atoms with Crippen molar-refractivity contribution in [2.45, 2.75) is 42.8 Å². The highest BCUT2D eigenvalue weighted by molar-refractivity contribution is 7.91. The number of alkyl halides is 1. The molecule has 98 valence electrons. The monoisotopic (exact) mass is 295 g/mol. The smallest absolute Gasteiger partial charge is 0.206 e. The predicted octanol–water partition coefficient (Wildman–Crippen LogP) is 3.30. The van der Waals surface area contributed by atoms with Gasteiger partial charge in [-0.2, -0.15) is 4.31 Å². The molecular formula is C11H18ClNO2S2. The van der Waals surface area contributed by atoms with Crippen molar-refractivity contribution in [1.29, 1.82) is 0 Å². The van der Waals surface area contributed by atoms with Crippen molar-refractivity contribution in [2.24, 2.45) is 0 Å². The highest BCUT2D eigenvalue weighted by Crippen LogP contribution is 2.29. The number of rotatable bonds is 5. The first kappa shape index (κ1) is 15.0. The highest BCUT2D eigenvalue weighted by Gasteiger charge is 2.33. The van der Waals surface area contributed by atoms with Crippen LogP contribution in [0, 0.1) is 0 Å². The number of thiophene rings is 1. The summed E-state index contributed by atoms with van der Waals surface area (Å²) in [4.78, 5) is 0. The molecule has 1 rings (SSSR count). The van der Waals surface area contributed by atoms with Crippen molar-refractivity contribution in [2.75, 3.05) is 7.05 Å². The Balaban J connectivity index is 3.11. The first-order valence-corrected chi connectivity index (χ1v) is 8.23. The molecule has 0 saturated heterocycles. The number of hydrogen-bond acceptors (Lipinski definition) is 3. The first-order chi connectivity index (χ1) is 7.75. The molecule has 6 heteroatoms. The molecular weight excluding hydrogens is 278 g/mol. The van der Waals surface area contributed by atoms with Crippen molar-refractivity contribution >= 4 is 33.0 Å². The van der Waals surface area contributed by atoms with E-state index in [-0.39, 0.29) is 5.54 Å². The molecule has 17 heavy (non-hydrogen) atoms. The maximum Gasteiger partial charge on any atom is 0.252 e. The number of hydrogen-bond donors (Lipinski definition) is 0. The summed E-state index contributed by atoms with van der Waals surface area (Å²) in [5.74, 6) is 0.340. The third-order valence-corrected chi connectivity index (χ3v) is 6.96. The zero-order valence-corrected chi connectivity index (χ0v) is 12.9. The Bertz CT molecular complexity index is 479. The third kappa shape index (κ3) is 3.02. The van der Waals surface area contributed by atoms with Gasteiger partial charge >= 0.3 is 0 Å². The normalized spacial score (nSPS) is 13.3. The second-order valence-electron chi connectivity index (χ2n) is 4.55. The fourth-order valence-electron chi connectivity index (χ4n) is 1.24. The minimum Gasteiger partial charge on any atom is -0.206 e. The third-order valence-electron chi connectivity index (χ3n) is 3.12. The van der Waals surface area contributed by atoms with Crippen LogP contribution in [0.1, 0.15) is 32.8 Å². The van der Waals surface area contributed by atoms with E-state index in [0.29, 0.717) is 10.1 Å². The Labute approximate surface area is 112 Å². The van der Waals surface area contributed by atoms with Crippen LogP contribution in [0.4, 0.5) is 0 Å². The summed E-state index contributed by atoms with van der Waals surface area (Å²) >= 11 is 6.91. The Morgan fingerprint density at radius 1 is 1.47 bits per heavy atom. The van der Waals surface area contributed by atoms with Crippen LogP contribution < -0.4 is 0 Å². The SMILES string of the molecule is CCC(C)(C)N(C)S(=O)(=O)c1cc(CCl)cs1. The van der Waals surface area contributed by atoms with Crippen LogP contribution >= 0.6 is 22.9 Å². The van der Waals surface area contributed by atoms with Gasteiger partial charge in [-0.3, -0.25) is 0 Å². The standard InChI is InChI=1S/C11H18ClNO2S2/c1-5-11(2,3)13(4)17(14,15)10-6-9(7-12)8-16-10/h6,8H,5,7H2,1-4H3. The molecule has 0 radical (unpaired) electrons. The molecule has 0 aliphatic carbocycles. The number of halogens is 1. The second kappa shape index (κ2) is 5.26. The summed E-state index contributed by atoms with van der Waals surface area (Å²) in [6.07, 6.45) is 0.760. The minimum atomic E-state index is -3.40. The van der Waals surface area contributed by atoms with Gasteiger partial charge in [0.25, 0.3) is 10.0 Å². The number of nitrogens with zero attached hydrogens (tertiary/aromatic N) is 1. The zero-order chi connectivity index (χ0) is 13.3. The van der Waals surface area contributed by atoms with Gasteiger partial charge in [0.2, 0.25) is 0 Å². The fraction of sp³-hybridized carbons (Fsp3) is 0.636. The molecule has 0 aliphatic heterocycles. The van der Waals surface area contributed by atoms with Crippen LogP contribution in [0.25, 0.3) is 0 Å². The number of sulfonamides is 1. The summed E-state index contributed by atoms with van der Waals surface area (Å²) in [5, 5.41) is 1.78. The van der Waals surface area contributed by atoms with Crippen LogP contribution in [-0.2, 0) is 15.9 Å². The van der Waals surface area contributed by atoms with Crippen molar-refractivity contribution in [3.63, 3.8) is 0 Å². The molecule has 0 saturated carbocycles. The Kier molecular flexibility index (Phi) is 4.63. The molecule has 3 nitrogen and oxygen atoms in total. The summed E-state index contributed by atoms with van der Waals surface area (Å²) in [7, 11) is -1.78. The summed E-state index contributed by atoms with van der Waals surface area (Å²) in [6, 6.07) is 1.65. The summed E-state index contributed by atoms with van der Waals surface area (Å²) in [5.41, 5.74) is 0.460. The van der Waals surface area contributed by atoms with E-state index in [1.54, 1.807) is 18.5 Å². The van der Waals surface area contributed by atoms with Crippen LogP contribution in [0.3, 0.4) is 0 Å². The van der Waals surface area contributed by atoms with E-state index in [2.05, 4.69) is 0 Å². The second-order valence-corrected chi connectivity index (χ2v) is 7.92. The largest absolute Gasteiger partial charge is 0.252 e. The Hall–Kier alpha value is -0.100. The van der Waals surface area contributed by atoms with E-state index in [1.807, 2.05) is 20.8 Å². The van der Waals surface area contributed by atoms with Crippen LogP contribution in [0.2, 0.25) is 0 Å². The van der Waals surface area contributed by atoms with Crippen molar-refractivity contribution in [3.05, 3.63) is 17.0 Å². The van der Waals surface area contributed by atoms with Gasteiger partial charge < -0.3 is 0 Å². The summed E-state index contributed by atoms with van der Waals surface area (Å²) < 4.78 is 26.5. The first-order valence-electron chi connectivity index (χ1n) is 5.38. The highest BCUT2D eigenvalue weighted by atomic mass is 35.5. The van der Waals surface area contributed by atoms with E-state index < -0.39 is 10.0 Å². The average Bonchev–Trinajstić information content (AvgIpc) is 2.77. The van der Waals surface area contributed by atoms with E-state index in [9.17, 15) is 8.42 Å². The van der Waals surface area contributed by atoms with Gasteiger partial charge in [0.05, 0.1) is 0 Å². The lowest BCUT2D eigenvalue weighted by Gasteiger charge is -2.33. The van der Waals surface area contributed by atoms with Gasteiger partial charge in [0.1, 0.15) is 4.21 Å². The zero-order valence-electron chi connectivity index (χ0n) is 10.5. The fourth-order valence-corrected chi connectivity index (χ4v) is 4.44. The van der Waals surface area contributed by atoms with E-state index in [0.717, 1.165) is 12.0 Å². The van der Waals surface area contributed by atoms with Crippen LogP contribution in [0.5, 0.6) is 0 Å². The van der Waals surface area contributed by atoms with Crippen LogP contribution in [0.15, 0.2) is 15.7 Å². The molecule has 1 aromatic rings. The van der Waals surface area contributed by atoms with E-state index in [4.69, 9.17) is 11.6 Å². The molecule has 0 spiro atoms. The van der Waals surface area contributed by atoms with Crippen molar-refractivity contribution in [1.82, 2.24) is 4.31 Å². The van der Waals surface area contributed by atoms with E-state index in [1.165, 1.54) is 15.6 Å². The Morgan fingerprint density at radius 2 is 2.06 bits per heavy atom. The lowest BCUT2D eigenvalue weighted by Crippen LogP contribution is -2.44. The molecule has 0 N–H and O–H groups in total. The van der Waals surface area contributed by atoms with Gasteiger partial charge in [-0.15, -0.1) is 22.9 Å². The van der Waals surface area contributed by atoms with Crippen molar-refractivity contribution < 1.29 is 8.42 Å². The maximum atomic E-state index is 12.4. The molecule has 0 bridgehead atoms. The predicted molar refractivity (Wildman–Crippen MR) is 73.2 cm³/mol. The minimum absolute atomic E-state index is 0.340. The molecule has 0 amide bonds. The molecule has 0 fully saturated rings. The van der Waals surface area contributed by atoms with Gasteiger partial charge in [-0.1, -0.05) is 6.92 Å². The van der Waals surface area contributed by atoms with Crippen LogP contribution in [-0.4, -0.2) is 25.3 Å². The van der Waals surface area contributed by atoms with E-state index >= 15 is 0 Å². The lowest BCUT2D eigenvalue weighted by atomic mass is 10.0. The lowest BCUT2D eigenvalue weighted by molar-refractivity contribution is 0.257. The quantitative estimate of drug-likeness (QED) is 0.782. The maximum absolute atomic E-state index is 12.4. The van der Waals surface area contributed by atoms with Gasteiger partial charge in [-0.25, -0.2) is 8.42 Å². The molecule has 0 aliphatic rings. The average molecular weight is 296 g/mol. The van der Waals surface area contributed by atoms with Crippen molar-refractivity contribution in [3.8, 4) is 0 Å². The molecule has 0 aromatic carbocycles. The molecule has 0 atom stereocenters.